The summed E-state index contributed by atoms with van der Waals surface area (Å²) in [4.78, 5) is 0. The van der Waals surface area contributed by atoms with E-state index in [9.17, 15) is 5.11 Å². The maximum Gasteiger partial charge on any atom is 0.129 e. The van der Waals surface area contributed by atoms with Gasteiger partial charge >= 0.3 is 0 Å². The van der Waals surface area contributed by atoms with E-state index in [-0.39, 0.29) is 6.61 Å². The second-order valence-corrected chi connectivity index (χ2v) is 3.89. The van der Waals surface area contributed by atoms with Gasteiger partial charge in [0, 0.05) is 12.6 Å². The zero-order valence-electron chi connectivity index (χ0n) is 9.54. The molecular formula is C12H15N3O2. The van der Waals surface area contributed by atoms with Crippen molar-refractivity contribution >= 4 is 5.82 Å². The van der Waals surface area contributed by atoms with Crippen LogP contribution in [0.2, 0.25) is 0 Å². The van der Waals surface area contributed by atoms with Crippen LogP contribution in [0.15, 0.2) is 30.5 Å². The number of aliphatic hydroxyl groups is 2. The van der Waals surface area contributed by atoms with E-state index in [1.54, 1.807) is 30.1 Å². The molecular weight excluding hydrogens is 218 g/mol. The number of aromatic nitrogens is 2. The Hall–Kier alpha value is -1.85. The molecule has 17 heavy (non-hydrogen) atoms. The van der Waals surface area contributed by atoms with Gasteiger partial charge in [-0.1, -0.05) is 24.3 Å². The van der Waals surface area contributed by atoms with Crippen molar-refractivity contribution in [3.8, 4) is 11.1 Å². The topological polar surface area (TPSA) is 84.3 Å². The average Bonchev–Trinajstić information content (AvgIpc) is 2.69. The number of aryl methyl sites for hydroxylation is 1. The molecule has 0 fully saturated rings. The first-order valence-electron chi connectivity index (χ1n) is 5.30. The number of nitrogens with two attached hydrogens (primary N) is 1. The highest BCUT2D eigenvalue weighted by Gasteiger charge is 2.09. The highest BCUT2D eigenvalue weighted by Crippen LogP contribution is 2.26. The number of anilines is 1. The molecule has 0 spiro atoms. The summed E-state index contributed by atoms with van der Waals surface area (Å²) in [5.41, 5.74) is 8.34. The minimum absolute atomic E-state index is 0.283. The van der Waals surface area contributed by atoms with E-state index in [0.29, 0.717) is 11.4 Å². The maximum atomic E-state index is 9.46. The summed E-state index contributed by atoms with van der Waals surface area (Å²) in [5, 5.41) is 22.4. The van der Waals surface area contributed by atoms with Crippen molar-refractivity contribution in [2.45, 2.75) is 6.10 Å². The number of nitrogens with zero attached hydrogens (tertiary/aromatic N) is 2. The Morgan fingerprint density at radius 2 is 2.00 bits per heavy atom. The van der Waals surface area contributed by atoms with Crippen molar-refractivity contribution in [1.29, 1.82) is 0 Å². The Balaban J connectivity index is 2.32. The van der Waals surface area contributed by atoms with Crippen molar-refractivity contribution in [1.82, 2.24) is 9.78 Å². The minimum Gasteiger partial charge on any atom is -0.393 e. The molecule has 0 saturated heterocycles. The van der Waals surface area contributed by atoms with Crippen molar-refractivity contribution < 1.29 is 10.2 Å². The molecule has 4 N–H and O–H groups in total. The normalized spacial score (nSPS) is 12.6. The van der Waals surface area contributed by atoms with E-state index in [1.807, 2.05) is 12.1 Å². The van der Waals surface area contributed by atoms with Crippen LogP contribution in [0.1, 0.15) is 11.7 Å². The Morgan fingerprint density at radius 3 is 2.47 bits per heavy atom. The average molecular weight is 233 g/mol. The van der Waals surface area contributed by atoms with E-state index in [0.717, 1.165) is 11.1 Å². The van der Waals surface area contributed by atoms with Gasteiger partial charge in [0.1, 0.15) is 11.9 Å². The molecule has 1 heterocycles. The first kappa shape index (κ1) is 11.6. The van der Waals surface area contributed by atoms with Crippen LogP contribution in [0.3, 0.4) is 0 Å². The first-order chi connectivity index (χ1) is 8.13. The molecule has 0 radical (unpaired) electrons. The number of hydrogen-bond acceptors (Lipinski definition) is 4. The summed E-state index contributed by atoms with van der Waals surface area (Å²) in [5.74, 6) is 0.598. The van der Waals surface area contributed by atoms with Crippen LogP contribution in [-0.2, 0) is 7.05 Å². The summed E-state index contributed by atoms with van der Waals surface area (Å²) in [6.45, 7) is -0.283. The fraction of sp³-hybridized carbons (Fsp3) is 0.250. The quantitative estimate of drug-likeness (QED) is 0.728. The minimum atomic E-state index is -0.838. The predicted molar refractivity (Wildman–Crippen MR) is 65.1 cm³/mol. The number of aliphatic hydroxyl groups excluding tert-OH is 2. The Morgan fingerprint density at radius 1 is 1.35 bits per heavy atom. The molecule has 0 saturated carbocycles. The van der Waals surface area contributed by atoms with Gasteiger partial charge in [-0.15, -0.1) is 0 Å². The molecule has 5 nitrogen and oxygen atoms in total. The maximum absolute atomic E-state index is 9.46. The third-order valence-corrected chi connectivity index (χ3v) is 2.76. The monoisotopic (exact) mass is 233 g/mol. The second-order valence-electron chi connectivity index (χ2n) is 3.89. The zero-order chi connectivity index (χ0) is 12.4. The van der Waals surface area contributed by atoms with Crippen LogP contribution < -0.4 is 5.73 Å². The molecule has 2 rings (SSSR count). The van der Waals surface area contributed by atoms with Gasteiger partial charge in [-0.3, -0.25) is 4.68 Å². The van der Waals surface area contributed by atoms with Gasteiger partial charge in [0.25, 0.3) is 0 Å². The van der Waals surface area contributed by atoms with E-state index in [4.69, 9.17) is 10.8 Å². The van der Waals surface area contributed by atoms with Crippen molar-refractivity contribution in [2.24, 2.45) is 7.05 Å². The third-order valence-electron chi connectivity index (χ3n) is 2.76. The summed E-state index contributed by atoms with van der Waals surface area (Å²) in [6.07, 6.45) is 0.864. The lowest BCUT2D eigenvalue weighted by molar-refractivity contribution is 0.0956. The molecule has 0 amide bonds. The number of hydrogen-bond donors (Lipinski definition) is 3. The molecule has 0 aliphatic carbocycles. The number of benzene rings is 1. The van der Waals surface area contributed by atoms with Crippen LogP contribution in [0.4, 0.5) is 5.82 Å². The van der Waals surface area contributed by atoms with E-state index in [1.165, 1.54) is 0 Å². The third kappa shape index (κ3) is 2.15. The summed E-state index contributed by atoms with van der Waals surface area (Å²) >= 11 is 0. The number of rotatable bonds is 3. The van der Waals surface area contributed by atoms with Crippen LogP contribution in [0.25, 0.3) is 11.1 Å². The van der Waals surface area contributed by atoms with Gasteiger partial charge in [-0.05, 0) is 11.1 Å². The van der Waals surface area contributed by atoms with Crippen LogP contribution in [0.5, 0.6) is 0 Å². The lowest BCUT2D eigenvalue weighted by Gasteiger charge is -2.08. The lowest BCUT2D eigenvalue weighted by atomic mass is 10.0. The Kier molecular flexibility index (Phi) is 3.12. The highest BCUT2D eigenvalue weighted by atomic mass is 16.3. The van der Waals surface area contributed by atoms with Crippen molar-refractivity contribution in [3.05, 3.63) is 36.0 Å². The summed E-state index contributed by atoms with van der Waals surface area (Å²) in [7, 11) is 1.78. The smallest absolute Gasteiger partial charge is 0.129 e. The summed E-state index contributed by atoms with van der Waals surface area (Å²) < 4.78 is 1.60. The van der Waals surface area contributed by atoms with Gasteiger partial charge < -0.3 is 15.9 Å². The van der Waals surface area contributed by atoms with Gasteiger partial charge in [0.15, 0.2) is 0 Å². The molecule has 90 valence electrons. The molecule has 0 aliphatic rings. The fourth-order valence-electron chi connectivity index (χ4n) is 1.66. The van der Waals surface area contributed by atoms with Crippen molar-refractivity contribution in [3.63, 3.8) is 0 Å². The van der Waals surface area contributed by atoms with Crippen LogP contribution >= 0.6 is 0 Å². The van der Waals surface area contributed by atoms with Gasteiger partial charge in [-0.25, -0.2) is 0 Å². The van der Waals surface area contributed by atoms with Crippen molar-refractivity contribution in [2.75, 3.05) is 12.3 Å². The molecule has 2 aromatic rings. The SMILES string of the molecule is Cn1ncc(-c2ccc(C(O)CO)cc2)c1N. The van der Waals surface area contributed by atoms with E-state index >= 15 is 0 Å². The van der Waals surface area contributed by atoms with Crippen LogP contribution in [-0.4, -0.2) is 26.6 Å². The fourth-order valence-corrected chi connectivity index (χ4v) is 1.66. The Bertz CT molecular complexity index is 505. The highest BCUT2D eigenvalue weighted by molar-refractivity contribution is 5.73. The molecule has 1 unspecified atom stereocenters. The molecule has 0 aliphatic heterocycles. The number of nitrogen functional groups attached to an aromatic ring is 1. The van der Waals surface area contributed by atoms with Gasteiger partial charge in [-0.2, -0.15) is 5.10 Å². The lowest BCUT2D eigenvalue weighted by Crippen LogP contribution is -2.02. The van der Waals surface area contributed by atoms with E-state index in [2.05, 4.69) is 5.10 Å². The first-order valence-corrected chi connectivity index (χ1v) is 5.30. The second kappa shape index (κ2) is 4.57. The molecule has 0 bridgehead atoms. The van der Waals surface area contributed by atoms with Gasteiger partial charge in [0.05, 0.1) is 12.8 Å². The Labute approximate surface area is 99.1 Å². The molecule has 1 aromatic heterocycles. The zero-order valence-corrected chi connectivity index (χ0v) is 9.54. The predicted octanol–water partition coefficient (Wildman–Crippen LogP) is 0.695. The standard InChI is InChI=1S/C12H15N3O2/c1-15-12(13)10(6-14-15)8-2-4-9(5-3-8)11(17)7-16/h2-6,11,16-17H,7,13H2,1H3. The molecule has 5 heteroatoms. The largest absolute Gasteiger partial charge is 0.393 e. The molecule has 1 atom stereocenters. The summed E-state index contributed by atoms with van der Waals surface area (Å²) in [6, 6.07) is 7.23. The van der Waals surface area contributed by atoms with E-state index < -0.39 is 6.10 Å². The van der Waals surface area contributed by atoms with Gasteiger partial charge in [0.2, 0.25) is 0 Å². The van der Waals surface area contributed by atoms with Crippen LogP contribution in [0, 0.1) is 0 Å². The molecule has 1 aromatic carbocycles.